The van der Waals surface area contributed by atoms with Gasteiger partial charge in [-0.3, -0.25) is 0 Å². The maximum Gasteiger partial charge on any atom is 0.183 e. The predicted molar refractivity (Wildman–Crippen MR) is 149 cm³/mol. The van der Waals surface area contributed by atoms with Gasteiger partial charge in [0.2, 0.25) is 0 Å². The summed E-state index contributed by atoms with van der Waals surface area (Å²) in [6, 6.07) is 34.1. The topological polar surface area (TPSA) is 109 Å². The minimum atomic E-state index is -3.54. The van der Waals surface area contributed by atoms with Gasteiger partial charge in [-0.1, -0.05) is 97.1 Å². The minimum Gasteiger partial charge on any atom is -0.387 e. The predicted octanol–water partition coefficient (Wildman–Crippen LogP) is 5.16. The third-order valence-corrected chi connectivity index (χ3v) is 10.6. The average molecular weight is 553 g/mol. The van der Waals surface area contributed by atoms with E-state index < -0.39 is 42.4 Å². The van der Waals surface area contributed by atoms with Gasteiger partial charge in [0, 0.05) is 0 Å². The first-order valence-electron chi connectivity index (χ1n) is 12.1. The van der Waals surface area contributed by atoms with Gasteiger partial charge in [-0.2, -0.15) is 0 Å². The highest BCUT2D eigenvalue weighted by atomic mass is 32.2. The molecule has 0 saturated carbocycles. The average Bonchev–Trinajstić information content (AvgIpc) is 2.97. The molecule has 4 rings (SSSR count). The number of sulfone groups is 2. The van der Waals surface area contributed by atoms with Crippen LogP contribution in [-0.4, -0.2) is 37.5 Å². The molecule has 4 atom stereocenters. The smallest absolute Gasteiger partial charge is 0.183 e. The van der Waals surface area contributed by atoms with Gasteiger partial charge in [0.25, 0.3) is 0 Å². The van der Waals surface area contributed by atoms with Gasteiger partial charge in [-0.05, 0) is 49.2 Å². The van der Waals surface area contributed by atoms with Gasteiger partial charge < -0.3 is 10.2 Å². The van der Waals surface area contributed by atoms with Gasteiger partial charge in [-0.25, -0.2) is 16.8 Å². The van der Waals surface area contributed by atoms with Crippen molar-refractivity contribution < 1.29 is 27.0 Å². The van der Waals surface area contributed by atoms with Gasteiger partial charge in [-0.15, -0.1) is 0 Å². The second kappa shape index (κ2) is 13.0. The lowest BCUT2D eigenvalue weighted by Crippen LogP contribution is -2.25. The van der Waals surface area contributed by atoms with E-state index >= 15 is 0 Å². The fraction of sp³-hybridized carbons (Fsp3) is 0.200. The molecule has 0 heterocycles. The molecule has 0 saturated heterocycles. The Labute approximate surface area is 225 Å². The van der Waals surface area contributed by atoms with Crippen molar-refractivity contribution in [2.45, 2.75) is 46.3 Å². The molecular formula is C30H32O6S2. The number of rotatable bonds is 8. The Morgan fingerprint density at radius 1 is 0.447 bits per heavy atom. The zero-order valence-electron chi connectivity index (χ0n) is 21.2. The molecule has 0 amide bonds. The van der Waals surface area contributed by atoms with Crippen molar-refractivity contribution in [1.82, 2.24) is 0 Å². The highest BCUT2D eigenvalue weighted by Crippen LogP contribution is 2.27. The number of hydrogen-bond donors (Lipinski definition) is 2. The second-order valence-corrected chi connectivity index (χ2v) is 13.4. The lowest BCUT2D eigenvalue weighted by Gasteiger charge is -2.19. The summed E-state index contributed by atoms with van der Waals surface area (Å²) in [7, 11) is -7.07. The van der Waals surface area contributed by atoms with Gasteiger partial charge in [0.15, 0.2) is 19.7 Å². The summed E-state index contributed by atoms with van der Waals surface area (Å²) in [6.45, 7) is 3.06. The summed E-state index contributed by atoms with van der Waals surface area (Å²) in [6.07, 6.45) is -2.07. The van der Waals surface area contributed by atoms with Crippen molar-refractivity contribution in [3.8, 4) is 0 Å². The largest absolute Gasteiger partial charge is 0.387 e. The summed E-state index contributed by atoms with van der Waals surface area (Å²) in [4.78, 5) is 0.468. The summed E-state index contributed by atoms with van der Waals surface area (Å²) in [5.74, 6) is 0. The molecule has 4 aromatic carbocycles. The molecule has 0 aromatic heterocycles. The van der Waals surface area contributed by atoms with Crippen LogP contribution in [0.5, 0.6) is 0 Å². The van der Waals surface area contributed by atoms with Crippen LogP contribution in [0.3, 0.4) is 0 Å². The zero-order chi connectivity index (χ0) is 27.8. The first-order chi connectivity index (χ1) is 18.1. The Balaban J connectivity index is 0.000000211. The highest BCUT2D eigenvalue weighted by Gasteiger charge is 2.31. The molecular weight excluding hydrogens is 520 g/mol. The highest BCUT2D eigenvalue weighted by molar-refractivity contribution is 7.92. The van der Waals surface area contributed by atoms with E-state index in [1.165, 1.54) is 13.8 Å². The van der Waals surface area contributed by atoms with Crippen LogP contribution >= 0.6 is 0 Å². The Hall–Kier alpha value is -3.30. The van der Waals surface area contributed by atoms with E-state index in [0.29, 0.717) is 11.1 Å². The fourth-order valence-corrected chi connectivity index (χ4v) is 6.76. The van der Waals surface area contributed by atoms with E-state index in [9.17, 15) is 27.0 Å². The number of aliphatic hydroxyl groups is 2. The van der Waals surface area contributed by atoms with Crippen LogP contribution in [0.25, 0.3) is 0 Å². The monoisotopic (exact) mass is 552 g/mol. The van der Waals surface area contributed by atoms with Gasteiger partial charge in [0.05, 0.1) is 32.5 Å². The summed E-state index contributed by atoms with van der Waals surface area (Å²) >= 11 is 0. The molecule has 0 bridgehead atoms. The molecule has 200 valence electrons. The van der Waals surface area contributed by atoms with Crippen LogP contribution in [0, 0.1) is 0 Å². The number of hydrogen-bond acceptors (Lipinski definition) is 6. The van der Waals surface area contributed by atoms with Crippen molar-refractivity contribution in [3.05, 3.63) is 132 Å². The van der Waals surface area contributed by atoms with Crippen LogP contribution in [0.1, 0.15) is 37.2 Å². The maximum absolute atomic E-state index is 12.4. The van der Waals surface area contributed by atoms with E-state index in [2.05, 4.69) is 0 Å². The summed E-state index contributed by atoms with van der Waals surface area (Å²) in [5, 5.41) is 18.6. The molecule has 6 nitrogen and oxygen atoms in total. The van der Waals surface area contributed by atoms with Crippen molar-refractivity contribution >= 4 is 19.7 Å². The third kappa shape index (κ3) is 6.96. The SMILES string of the molecule is C[C@@H]([C@H](O)c1ccccc1)S(=O)(=O)c1ccccc1.C[C@@H]([C@H](O)c1ccccc1)S(=O)(=O)c1ccccc1. The molecule has 0 aliphatic carbocycles. The van der Waals surface area contributed by atoms with Crippen LogP contribution in [0.2, 0.25) is 0 Å². The van der Waals surface area contributed by atoms with E-state index in [0.717, 1.165) is 0 Å². The standard InChI is InChI=1S/2C15H16O3S/c2*1-12(15(16)13-8-4-2-5-9-13)19(17,18)14-10-6-3-7-11-14/h2*2-12,15-16H,1H3/t2*12-,15-/m00/s1. The van der Waals surface area contributed by atoms with Crippen LogP contribution in [0.15, 0.2) is 131 Å². The molecule has 4 aromatic rings. The van der Waals surface area contributed by atoms with Crippen molar-refractivity contribution in [3.63, 3.8) is 0 Å². The molecule has 2 N–H and O–H groups in total. The van der Waals surface area contributed by atoms with E-state index in [4.69, 9.17) is 0 Å². The maximum atomic E-state index is 12.4. The molecule has 0 aliphatic heterocycles. The summed E-state index contributed by atoms with van der Waals surface area (Å²) in [5.41, 5.74) is 1.21. The van der Waals surface area contributed by atoms with Crippen LogP contribution in [-0.2, 0) is 19.7 Å². The first kappa shape index (κ1) is 29.3. The lowest BCUT2D eigenvalue weighted by molar-refractivity contribution is 0.175. The van der Waals surface area contributed by atoms with E-state index in [1.54, 1.807) is 109 Å². The Morgan fingerprint density at radius 3 is 0.947 bits per heavy atom. The van der Waals surface area contributed by atoms with Gasteiger partial charge in [0.1, 0.15) is 0 Å². The normalized spacial score (nSPS) is 14.8. The zero-order valence-corrected chi connectivity index (χ0v) is 22.8. The fourth-order valence-electron chi connectivity index (χ4n) is 3.83. The Morgan fingerprint density at radius 2 is 0.684 bits per heavy atom. The molecule has 0 aliphatic rings. The van der Waals surface area contributed by atoms with Crippen molar-refractivity contribution in [1.29, 1.82) is 0 Å². The van der Waals surface area contributed by atoms with Crippen molar-refractivity contribution in [2.24, 2.45) is 0 Å². The van der Waals surface area contributed by atoms with E-state index in [-0.39, 0.29) is 9.79 Å². The van der Waals surface area contributed by atoms with Crippen molar-refractivity contribution in [2.75, 3.05) is 0 Å². The second-order valence-electron chi connectivity index (χ2n) is 8.84. The van der Waals surface area contributed by atoms with Crippen LogP contribution < -0.4 is 0 Å². The first-order valence-corrected chi connectivity index (χ1v) is 15.2. The van der Waals surface area contributed by atoms with E-state index in [1.807, 2.05) is 12.1 Å². The number of aliphatic hydroxyl groups excluding tert-OH is 2. The Kier molecular flexibility index (Phi) is 9.99. The number of benzene rings is 4. The molecule has 0 spiro atoms. The molecule has 38 heavy (non-hydrogen) atoms. The molecule has 0 unspecified atom stereocenters. The molecule has 0 radical (unpaired) electrons. The third-order valence-electron chi connectivity index (χ3n) is 6.29. The Bertz CT molecular complexity index is 1360. The van der Waals surface area contributed by atoms with Gasteiger partial charge >= 0.3 is 0 Å². The summed E-state index contributed by atoms with van der Waals surface area (Å²) < 4.78 is 49.5. The lowest BCUT2D eigenvalue weighted by atomic mass is 10.1. The minimum absolute atomic E-state index is 0.234. The quantitative estimate of drug-likeness (QED) is 0.312. The molecule has 8 heteroatoms. The van der Waals surface area contributed by atoms with Crippen LogP contribution in [0.4, 0.5) is 0 Å². The molecule has 0 fully saturated rings.